The highest BCUT2D eigenvalue weighted by molar-refractivity contribution is 7.92. The highest BCUT2D eigenvalue weighted by atomic mass is 32.2. The number of carbonyl (C=O) groups excluding carboxylic acids is 2. The van der Waals surface area contributed by atoms with Crippen molar-refractivity contribution in [1.29, 1.82) is 0 Å². The van der Waals surface area contributed by atoms with Gasteiger partial charge in [-0.2, -0.15) is 0 Å². The summed E-state index contributed by atoms with van der Waals surface area (Å²) in [6.07, 6.45) is 0.624. The molecule has 27 heavy (non-hydrogen) atoms. The third-order valence-electron chi connectivity index (χ3n) is 4.23. The highest BCUT2D eigenvalue weighted by Crippen LogP contribution is 2.34. The minimum Gasteiger partial charge on any atom is -0.496 e. The molecule has 8 heteroatoms. The molecule has 0 radical (unpaired) electrons. The predicted molar refractivity (Wildman–Crippen MR) is 98.6 cm³/mol. The maximum Gasteiger partial charge on any atom is 0.342 e. The number of sulfonamides is 1. The maximum atomic E-state index is 13.1. The van der Waals surface area contributed by atoms with Gasteiger partial charge in [0.15, 0.2) is 5.78 Å². The van der Waals surface area contributed by atoms with E-state index in [0.717, 1.165) is 5.56 Å². The van der Waals surface area contributed by atoms with Crippen molar-refractivity contribution in [3.63, 3.8) is 0 Å². The van der Waals surface area contributed by atoms with Crippen LogP contribution in [0.5, 0.6) is 5.75 Å². The first-order chi connectivity index (χ1) is 12.8. The van der Waals surface area contributed by atoms with Gasteiger partial charge < -0.3 is 9.47 Å². The molecule has 142 valence electrons. The molecule has 0 atom stereocenters. The van der Waals surface area contributed by atoms with Crippen LogP contribution in [0.2, 0.25) is 0 Å². The van der Waals surface area contributed by atoms with Gasteiger partial charge in [0.25, 0.3) is 10.0 Å². The van der Waals surface area contributed by atoms with E-state index in [1.807, 2.05) is 12.1 Å². The molecular weight excluding hydrogens is 370 g/mol. The smallest absolute Gasteiger partial charge is 0.342 e. The first kappa shape index (κ1) is 18.9. The quantitative estimate of drug-likeness (QED) is 0.704. The Morgan fingerprint density at radius 3 is 2.59 bits per heavy atom. The molecule has 2 aromatic carbocycles. The monoisotopic (exact) mass is 389 g/mol. The summed E-state index contributed by atoms with van der Waals surface area (Å²) in [5.41, 5.74) is 1.54. The van der Waals surface area contributed by atoms with Crippen molar-refractivity contribution in [3.05, 3.63) is 53.6 Å². The lowest BCUT2D eigenvalue weighted by atomic mass is 10.2. The van der Waals surface area contributed by atoms with E-state index in [-0.39, 0.29) is 22.0 Å². The van der Waals surface area contributed by atoms with E-state index in [2.05, 4.69) is 0 Å². The summed E-state index contributed by atoms with van der Waals surface area (Å²) in [7, 11) is -2.50. The van der Waals surface area contributed by atoms with Crippen LogP contribution in [-0.4, -0.2) is 40.4 Å². The summed E-state index contributed by atoms with van der Waals surface area (Å²) in [6.45, 7) is 1.23. The molecule has 0 unspecified atom stereocenters. The molecule has 0 bridgehead atoms. The molecule has 0 fully saturated rings. The number of para-hydroxylation sites is 1. The number of ether oxygens (including phenoxy) is 2. The van der Waals surface area contributed by atoms with Crippen molar-refractivity contribution in [2.24, 2.45) is 0 Å². The first-order valence-electron chi connectivity index (χ1n) is 8.30. The van der Waals surface area contributed by atoms with Crippen LogP contribution < -0.4 is 9.04 Å². The van der Waals surface area contributed by atoms with E-state index in [1.54, 1.807) is 12.1 Å². The second-order valence-electron chi connectivity index (χ2n) is 6.10. The van der Waals surface area contributed by atoms with E-state index in [9.17, 15) is 18.0 Å². The van der Waals surface area contributed by atoms with Gasteiger partial charge in [-0.1, -0.05) is 18.2 Å². The molecule has 0 aromatic heterocycles. The molecular formula is C19H19NO6S. The normalized spacial score (nSPS) is 13.2. The lowest BCUT2D eigenvalue weighted by Crippen LogP contribution is -2.29. The van der Waals surface area contributed by atoms with Crippen molar-refractivity contribution in [1.82, 2.24) is 0 Å². The molecule has 0 aliphatic carbocycles. The Morgan fingerprint density at radius 2 is 1.89 bits per heavy atom. The minimum atomic E-state index is -3.86. The molecule has 0 spiro atoms. The van der Waals surface area contributed by atoms with E-state index < -0.39 is 22.6 Å². The van der Waals surface area contributed by atoms with Crippen LogP contribution in [0, 0.1) is 0 Å². The molecule has 0 saturated heterocycles. The van der Waals surface area contributed by atoms with Gasteiger partial charge in [0.05, 0.1) is 17.7 Å². The van der Waals surface area contributed by atoms with Gasteiger partial charge in [0.2, 0.25) is 0 Å². The lowest BCUT2D eigenvalue weighted by Gasteiger charge is -2.20. The van der Waals surface area contributed by atoms with E-state index in [0.29, 0.717) is 18.7 Å². The molecule has 1 aliphatic heterocycles. The summed E-state index contributed by atoms with van der Waals surface area (Å²) in [4.78, 5) is 23.3. The number of Topliss-reactive ketones (excluding diaryl/α,β-unsaturated/α-hetero) is 1. The van der Waals surface area contributed by atoms with Gasteiger partial charge in [0, 0.05) is 6.54 Å². The Balaban J connectivity index is 1.98. The molecule has 2 aromatic rings. The number of hydrogen-bond donors (Lipinski definition) is 0. The Bertz CT molecular complexity index is 999. The fourth-order valence-corrected chi connectivity index (χ4v) is 4.47. The summed E-state index contributed by atoms with van der Waals surface area (Å²) < 4.78 is 37.6. The second kappa shape index (κ2) is 7.40. The Morgan fingerprint density at radius 1 is 1.15 bits per heavy atom. The predicted octanol–water partition coefficient (Wildman–Crippen LogP) is 2.19. The number of carbonyl (C=O) groups is 2. The Labute approximate surface area is 157 Å². The number of hydrogen-bond acceptors (Lipinski definition) is 6. The third kappa shape index (κ3) is 3.66. The number of rotatable bonds is 6. The Hall–Kier alpha value is -2.87. The average molecular weight is 389 g/mol. The fraction of sp³-hybridized carbons (Fsp3) is 0.263. The van der Waals surface area contributed by atoms with Gasteiger partial charge in [-0.3, -0.25) is 9.10 Å². The van der Waals surface area contributed by atoms with Gasteiger partial charge in [0.1, 0.15) is 17.9 Å². The van der Waals surface area contributed by atoms with Crippen LogP contribution in [0.4, 0.5) is 5.69 Å². The van der Waals surface area contributed by atoms with Gasteiger partial charge >= 0.3 is 5.97 Å². The fourth-order valence-electron chi connectivity index (χ4n) is 2.94. The van der Waals surface area contributed by atoms with E-state index >= 15 is 0 Å². The zero-order chi connectivity index (χ0) is 19.6. The van der Waals surface area contributed by atoms with Crippen molar-refractivity contribution in [2.45, 2.75) is 18.2 Å². The topological polar surface area (TPSA) is 90.0 Å². The van der Waals surface area contributed by atoms with Crippen molar-refractivity contribution >= 4 is 27.5 Å². The van der Waals surface area contributed by atoms with Gasteiger partial charge in [-0.15, -0.1) is 0 Å². The first-order valence-corrected chi connectivity index (χ1v) is 9.74. The third-order valence-corrected chi connectivity index (χ3v) is 6.04. The van der Waals surface area contributed by atoms with Crippen molar-refractivity contribution in [3.8, 4) is 5.75 Å². The number of esters is 1. The van der Waals surface area contributed by atoms with E-state index in [1.165, 1.54) is 36.5 Å². The van der Waals surface area contributed by atoms with Crippen LogP contribution in [0.3, 0.4) is 0 Å². The van der Waals surface area contributed by atoms with Crippen molar-refractivity contribution < 1.29 is 27.5 Å². The average Bonchev–Trinajstić information content (AvgIpc) is 3.10. The zero-order valence-corrected chi connectivity index (χ0v) is 15.8. The molecule has 0 N–H and O–H groups in total. The summed E-state index contributed by atoms with van der Waals surface area (Å²) in [5.74, 6) is -0.968. The molecule has 1 heterocycles. The lowest BCUT2D eigenvalue weighted by molar-refractivity contribution is -0.120. The molecule has 3 rings (SSSR count). The minimum absolute atomic E-state index is 0.0465. The standard InChI is InChI=1S/C19H19NO6S/c1-13(21)12-26-19(22)16-11-15(7-8-18(16)25-2)27(23,24)20-10-9-14-5-3-4-6-17(14)20/h3-8,11H,9-10,12H2,1-2H3. The van der Waals surface area contributed by atoms with Crippen LogP contribution in [0.25, 0.3) is 0 Å². The van der Waals surface area contributed by atoms with E-state index in [4.69, 9.17) is 9.47 Å². The summed E-state index contributed by atoms with van der Waals surface area (Å²) in [5, 5.41) is 0. The van der Waals surface area contributed by atoms with Crippen LogP contribution >= 0.6 is 0 Å². The molecule has 0 amide bonds. The highest BCUT2D eigenvalue weighted by Gasteiger charge is 2.31. The number of anilines is 1. The van der Waals surface area contributed by atoms with Crippen LogP contribution in [0.1, 0.15) is 22.8 Å². The largest absolute Gasteiger partial charge is 0.496 e. The number of methoxy groups -OCH3 is 1. The molecule has 7 nitrogen and oxygen atoms in total. The van der Waals surface area contributed by atoms with Crippen LogP contribution in [0.15, 0.2) is 47.4 Å². The van der Waals surface area contributed by atoms with Crippen molar-refractivity contribution in [2.75, 3.05) is 24.6 Å². The number of benzene rings is 2. The Kier molecular flexibility index (Phi) is 5.18. The van der Waals surface area contributed by atoms with Gasteiger partial charge in [-0.05, 0) is 43.2 Å². The molecule has 1 aliphatic rings. The number of fused-ring (bicyclic) bond motifs is 1. The summed E-state index contributed by atoms with van der Waals surface area (Å²) >= 11 is 0. The van der Waals surface area contributed by atoms with Gasteiger partial charge in [-0.25, -0.2) is 13.2 Å². The number of nitrogens with zero attached hydrogens (tertiary/aromatic N) is 1. The number of ketones is 1. The molecule has 0 saturated carbocycles. The maximum absolute atomic E-state index is 13.1. The summed E-state index contributed by atoms with van der Waals surface area (Å²) in [6, 6.07) is 11.3. The SMILES string of the molecule is COc1ccc(S(=O)(=O)N2CCc3ccccc32)cc1C(=O)OCC(C)=O. The zero-order valence-electron chi connectivity index (χ0n) is 15.0. The second-order valence-corrected chi connectivity index (χ2v) is 7.96. The van der Waals surface area contributed by atoms with Crippen LogP contribution in [-0.2, 0) is 26.0 Å².